The number of aromatic nitrogens is 2. The van der Waals surface area contributed by atoms with Crippen molar-refractivity contribution in [3.05, 3.63) is 12.0 Å². The lowest BCUT2D eigenvalue weighted by Gasteiger charge is -2.33. The van der Waals surface area contributed by atoms with Crippen molar-refractivity contribution in [1.82, 2.24) is 18.8 Å². The second-order valence-corrected chi connectivity index (χ2v) is 7.19. The van der Waals surface area contributed by atoms with Crippen LogP contribution in [0.1, 0.15) is 19.2 Å². The van der Waals surface area contributed by atoms with E-state index in [1.165, 1.54) is 4.31 Å². The second-order valence-electron chi connectivity index (χ2n) is 5.30. The fourth-order valence-corrected chi connectivity index (χ4v) is 3.98. The maximum absolute atomic E-state index is 12.6. The monoisotopic (exact) mass is 315 g/mol. The number of imidazole rings is 1. The van der Waals surface area contributed by atoms with Gasteiger partial charge in [0, 0.05) is 38.9 Å². The van der Waals surface area contributed by atoms with Crippen LogP contribution in [0.2, 0.25) is 0 Å². The van der Waals surface area contributed by atoms with Gasteiger partial charge < -0.3 is 15.2 Å². The summed E-state index contributed by atoms with van der Waals surface area (Å²) in [7, 11) is -3.47. The van der Waals surface area contributed by atoms with Crippen LogP contribution in [0.3, 0.4) is 0 Å². The highest BCUT2D eigenvalue weighted by Crippen LogP contribution is 2.17. The zero-order valence-electron chi connectivity index (χ0n) is 12.8. The summed E-state index contributed by atoms with van der Waals surface area (Å²) in [4.78, 5) is 6.46. The molecule has 2 heterocycles. The highest BCUT2D eigenvalue weighted by molar-refractivity contribution is 7.89. The van der Waals surface area contributed by atoms with Crippen LogP contribution < -0.4 is 5.73 Å². The van der Waals surface area contributed by atoms with Gasteiger partial charge in [-0.3, -0.25) is 0 Å². The Morgan fingerprint density at radius 2 is 1.95 bits per heavy atom. The van der Waals surface area contributed by atoms with E-state index in [0.717, 1.165) is 38.4 Å². The number of rotatable bonds is 6. The van der Waals surface area contributed by atoms with Crippen molar-refractivity contribution in [2.75, 3.05) is 39.3 Å². The first-order valence-corrected chi connectivity index (χ1v) is 8.89. The van der Waals surface area contributed by atoms with Gasteiger partial charge in [-0.25, -0.2) is 13.4 Å². The third-order valence-corrected chi connectivity index (χ3v) is 5.68. The minimum Gasteiger partial charge on any atom is -0.334 e. The van der Waals surface area contributed by atoms with Crippen molar-refractivity contribution in [3.63, 3.8) is 0 Å². The van der Waals surface area contributed by atoms with E-state index >= 15 is 0 Å². The average Bonchev–Trinajstić information content (AvgIpc) is 2.87. The van der Waals surface area contributed by atoms with Crippen molar-refractivity contribution < 1.29 is 8.42 Å². The first kappa shape index (κ1) is 16.4. The van der Waals surface area contributed by atoms with Crippen LogP contribution in [0.5, 0.6) is 0 Å². The van der Waals surface area contributed by atoms with Crippen molar-refractivity contribution in [2.45, 2.75) is 31.8 Å². The van der Waals surface area contributed by atoms with Crippen molar-refractivity contribution >= 4 is 10.0 Å². The fraction of sp³-hybridized carbons (Fsp3) is 0.769. The summed E-state index contributed by atoms with van der Waals surface area (Å²) >= 11 is 0. The Bertz CT molecular complexity index is 561. The van der Waals surface area contributed by atoms with E-state index in [9.17, 15) is 8.42 Å². The Hall–Kier alpha value is -0.960. The van der Waals surface area contributed by atoms with Crippen LogP contribution >= 0.6 is 0 Å². The molecule has 0 radical (unpaired) electrons. The number of hydrogen-bond acceptors (Lipinski definition) is 5. The van der Waals surface area contributed by atoms with Crippen molar-refractivity contribution in [2.24, 2.45) is 5.73 Å². The van der Waals surface area contributed by atoms with Crippen LogP contribution in [-0.4, -0.2) is 66.4 Å². The highest BCUT2D eigenvalue weighted by atomic mass is 32.2. The van der Waals surface area contributed by atoms with Gasteiger partial charge in [0.2, 0.25) is 0 Å². The topological polar surface area (TPSA) is 84.5 Å². The van der Waals surface area contributed by atoms with Crippen LogP contribution in [0, 0.1) is 6.92 Å². The maximum Gasteiger partial charge on any atom is 0.262 e. The lowest BCUT2D eigenvalue weighted by Crippen LogP contribution is -2.49. The summed E-state index contributed by atoms with van der Waals surface area (Å²) in [6.45, 7) is 8.69. The number of aryl methyl sites for hydroxylation is 2. The Balaban J connectivity index is 2.04. The smallest absolute Gasteiger partial charge is 0.262 e. The maximum atomic E-state index is 12.6. The predicted octanol–water partition coefficient (Wildman–Crippen LogP) is -0.133. The summed E-state index contributed by atoms with van der Waals surface area (Å²) in [5.74, 6) is 0.734. The fourth-order valence-electron chi connectivity index (χ4n) is 2.56. The molecule has 1 aliphatic rings. The van der Waals surface area contributed by atoms with Crippen molar-refractivity contribution in [1.29, 1.82) is 0 Å². The number of sulfonamides is 1. The highest BCUT2D eigenvalue weighted by Gasteiger charge is 2.30. The van der Waals surface area contributed by atoms with E-state index in [1.807, 2.05) is 18.4 Å². The van der Waals surface area contributed by atoms with E-state index in [0.29, 0.717) is 19.6 Å². The molecule has 0 atom stereocenters. The molecule has 0 aromatic carbocycles. The Labute approximate surface area is 126 Å². The van der Waals surface area contributed by atoms with Crippen LogP contribution in [0.4, 0.5) is 0 Å². The summed E-state index contributed by atoms with van der Waals surface area (Å²) in [6.07, 6.45) is 2.58. The van der Waals surface area contributed by atoms with Gasteiger partial charge in [0.25, 0.3) is 10.0 Å². The van der Waals surface area contributed by atoms with Gasteiger partial charge >= 0.3 is 0 Å². The molecule has 21 heavy (non-hydrogen) atoms. The summed E-state index contributed by atoms with van der Waals surface area (Å²) < 4.78 is 28.6. The zero-order chi connectivity index (χ0) is 15.5. The van der Waals surface area contributed by atoms with Gasteiger partial charge in [-0.2, -0.15) is 4.31 Å². The molecule has 0 saturated carbocycles. The molecule has 1 saturated heterocycles. The molecule has 2 rings (SSSR count). The van der Waals surface area contributed by atoms with Crippen LogP contribution in [0.15, 0.2) is 11.2 Å². The number of nitrogens with zero attached hydrogens (tertiary/aromatic N) is 4. The lowest BCUT2D eigenvalue weighted by molar-refractivity contribution is 0.187. The van der Waals surface area contributed by atoms with Gasteiger partial charge in [0.05, 0.1) is 0 Å². The molecule has 1 fully saturated rings. The Kier molecular flexibility index (Phi) is 5.37. The molecule has 1 aromatic heterocycles. The summed E-state index contributed by atoms with van der Waals surface area (Å²) in [5, 5.41) is 0.164. The van der Waals surface area contributed by atoms with E-state index < -0.39 is 10.0 Å². The SMILES string of the molecule is CCn1cc(S(=O)(=O)N2CCN(CCCN)CC2)nc1C. The molecule has 0 aliphatic carbocycles. The normalized spacial score (nSPS) is 18.2. The molecule has 0 bridgehead atoms. The van der Waals surface area contributed by atoms with Crippen LogP contribution in [0.25, 0.3) is 0 Å². The van der Waals surface area contributed by atoms with E-state index in [2.05, 4.69) is 9.88 Å². The molecule has 120 valence electrons. The standard InChI is InChI=1S/C13H25N5O2S/c1-3-17-11-13(15-12(17)2)21(19,20)18-9-7-16(8-10-18)6-4-5-14/h11H,3-10,14H2,1-2H3. The second kappa shape index (κ2) is 6.87. The minimum absolute atomic E-state index is 0.164. The molecule has 7 nitrogen and oxygen atoms in total. The molecule has 0 amide bonds. The third kappa shape index (κ3) is 3.63. The molecule has 1 aromatic rings. The molecule has 8 heteroatoms. The van der Waals surface area contributed by atoms with Gasteiger partial charge in [0.1, 0.15) is 5.82 Å². The van der Waals surface area contributed by atoms with Crippen molar-refractivity contribution in [3.8, 4) is 0 Å². The molecule has 2 N–H and O–H groups in total. The largest absolute Gasteiger partial charge is 0.334 e. The minimum atomic E-state index is -3.47. The van der Waals surface area contributed by atoms with E-state index in [1.54, 1.807) is 6.20 Å². The van der Waals surface area contributed by atoms with E-state index in [-0.39, 0.29) is 5.03 Å². The molecule has 0 unspecified atom stereocenters. The summed E-state index contributed by atoms with van der Waals surface area (Å²) in [6, 6.07) is 0. The average molecular weight is 315 g/mol. The Morgan fingerprint density at radius 1 is 1.29 bits per heavy atom. The summed E-state index contributed by atoms with van der Waals surface area (Å²) in [5.41, 5.74) is 5.50. The van der Waals surface area contributed by atoms with Gasteiger partial charge in [-0.15, -0.1) is 0 Å². The first-order chi connectivity index (χ1) is 9.98. The number of piperazine rings is 1. The Morgan fingerprint density at radius 3 is 2.48 bits per heavy atom. The third-order valence-electron chi connectivity index (χ3n) is 3.91. The quantitative estimate of drug-likeness (QED) is 0.790. The molecule has 0 spiro atoms. The first-order valence-electron chi connectivity index (χ1n) is 7.45. The molecular weight excluding hydrogens is 290 g/mol. The van der Waals surface area contributed by atoms with Gasteiger partial charge in [-0.05, 0) is 33.4 Å². The van der Waals surface area contributed by atoms with E-state index in [4.69, 9.17) is 5.73 Å². The lowest BCUT2D eigenvalue weighted by atomic mass is 10.3. The van der Waals surface area contributed by atoms with Gasteiger partial charge in [-0.1, -0.05) is 0 Å². The molecule has 1 aliphatic heterocycles. The van der Waals surface area contributed by atoms with Gasteiger partial charge in [0.15, 0.2) is 5.03 Å². The number of nitrogens with two attached hydrogens (primary N) is 1. The predicted molar refractivity (Wildman–Crippen MR) is 81.5 cm³/mol. The number of hydrogen-bond donors (Lipinski definition) is 1. The van der Waals surface area contributed by atoms with Crippen LogP contribution in [-0.2, 0) is 16.6 Å². The zero-order valence-corrected chi connectivity index (χ0v) is 13.6. The molecular formula is C13H25N5O2S.